The first-order valence-corrected chi connectivity index (χ1v) is 11.0. The van der Waals surface area contributed by atoms with Crippen molar-refractivity contribution >= 4 is 19.9 Å². The van der Waals surface area contributed by atoms with E-state index in [0.717, 1.165) is 5.69 Å². The zero-order chi connectivity index (χ0) is 18.1. The highest BCUT2D eigenvalue weighted by atomic mass is 32.2. The van der Waals surface area contributed by atoms with Gasteiger partial charge in [-0.15, -0.1) is 0 Å². The van der Waals surface area contributed by atoms with Crippen LogP contribution in [0.4, 0.5) is 0 Å². The monoisotopic (exact) mass is 385 g/mol. The molecule has 1 aliphatic rings. The lowest BCUT2D eigenvalue weighted by atomic mass is 10.3. The molecule has 0 amide bonds. The quantitative estimate of drug-likeness (QED) is 0.775. The smallest absolute Gasteiger partial charge is 0.215 e. The summed E-state index contributed by atoms with van der Waals surface area (Å²) in [6, 6.07) is 7.31. The molecular weight excluding hydrogens is 366 g/mol. The Morgan fingerprint density at radius 1 is 1.40 bits per heavy atom. The number of hydrogen-bond donors (Lipinski definition) is 1. The highest BCUT2D eigenvalue weighted by molar-refractivity contribution is 7.95. The van der Waals surface area contributed by atoms with E-state index in [-0.39, 0.29) is 24.5 Å². The summed E-state index contributed by atoms with van der Waals surface area (Å²) in [6.07, 6.45) is 3.41. The first-order chi connectivity index (χ1) is 11.8. The average Bonchev–Trinajstić information content (AvgIpc) is 3.20. The molecule has 3 rings (SSSR count). The molecule has 136 valence electrons. The van der Waals surface area contributed by atoms with E-state index in [0.29, 0.717) is 11.3 Å². The number of rotatable bonds is 6. The Hall–Kier alpha value is -1.91. The van der Waals surface area contributed by atoms with Gasteiger partial charge in [0.25, 0.3) is 0 Å². The number of sulfonamides is 1. The van der Waals surface area contributed by atoms with Crippen LogP contribution in [0.5, 0.6) is 5.75 Å². The first kappa shape index (κ1) is 17.9. The lowest BCUT2D eigenvalue weighted by molar-refractivity contribution is 0.414. The van der Waals surface area contributed by atoms with Crippen molar-refractivity contribution in [1.82, 2.24) is 14.5 Å². The summed E-state index contributed by atoms with van der Waals surface area (Å²) in [4.78, 5) is 0. The fourth-order valence-corrected chi connectivity index (χ4v) is 6.72. The highest BCUT2D eigenvalue weighted by Crippen LogP contribution is 2.19. The van der Waals surface area contributed by atoms with Gasteiger partial charge >= 0.3 is 0 Å². The molecule has 1 atom stereocenters. The number of nitrogens with one attached hydrogen (secondary N) is 1. The van der Waals surface area contributed by atoms with E-state index in [1.807, 2.05) is 24.3 Å². The Morgan fingerprint density at radius 2 is 2.20 bits per heavy atom. The van der Waals surface area contributed by atoms with E-state index < -0.39 is 25.1 Å². The molecule has 0 bridgehead atoms. The van der Waals surface area contributed by atoms with Gasteiger partial charge in [-0.3, -0.25) is 0 Å². The predicted octanol–water partition coefficient (Wildman–Crippen LogP) is 0.487. The zero-order valence-electron chi connectivity index (χ0n) is 13.6. The molecule has 0 saturated carbocycles. The minimum atomic E-state index is -3.68. The largest absolute Gasteiger partial charge is 0.497 e. The van der Waals surface area contributed by atoms with Gasteiger partial charge in [-0.2, -0.15) is 5.10 Å². The number of sulfone groups is 1. The van der Waals surface area contributed by atoms with Crippen molar-refractivity contribution in [3.63, 3.8) is 0 Å². The van der Waals surface area contributed by atoms with Crippen LogP contribution >= 0.6 is 0 Å². The van der Waals surface area contributed by atoms with Crippen molar-refractivity contribution in [3.05, 3.63) is 42.2 Å². The second kappa shape index (κ2) is 6.77. The van der Waals surface area contributed by atoms with Gasteiger partial charge in [0.15, 0.2) is 9.84 Å². The van der Waals surface area contributed by atoms with Crippen molar-refractivity contribution in [2.75, 3.05) is 18.6 Å². The number of methoxy groups -OCH3 is 1. The Balaban J connectivity index is 1.67. The third-order valence-corrected chi connectivity index (χ3v) is 7.87. The Kier molecular flexibility index (Phi) is 4.85. The van der Waals surface area contributed by atoms with Crippen LogP contribution in [0.3, 0.4) is 0 Å². The van der Waals surface area contributed by atoms with Gasteiger partial charge in [-0.1, -0.05) is 6.07 Å². The van der Waals surface area contributed by atoms with Gasteiger partial charge < -0.3 is 4.74 Å². The summed E-state index contributed by atoms with van der Waals surface area (Å²) in [5.41, 5.74) is 1.46. The van der Waals surface area contributed by atoms with Crippen LogP contribution in [0.15, 0.2) is 36.7 Å². The number of nitrogens with zero attached hydrogens (tertiary/aromatic N) is 2. The molecule has 0 aliphatic carbocycles. The maximum absolute atomic E-state index is 12.2. The molecular formula is C15H19N3O5S2. The van der Waals surface area contributed by atoms with Gasteiger partial charge in [0.2, 0.25) is 10.0 Å². The van der Waals surface area contributed by atoms with E-state index in [1.165, 1.54) is 0 Å². The van der Waals surface area contributed by atoms with Gasteiger partial charge in [-0.05, 0) is 18.6 Å². The summed E-state index contributed by atoms with van der Waals surface area (Å²) in [5.74, 6) is 0.301. The zero-order valence-corrected chi connectivity index (χ0v) is 15.3. The summed E-state index contributed by atoms with van der Waals surface area (Å²) in [5, 5.41) is 3.33. The maximum atomic E-state index is 12.2. The van der Waals surface area contributed by atoms with Crippen LogP contribution in [0.2, 0.25) is 0 Å². The van der Waals surface area contributed by atoms with Crippen LogP contribution in [0, 0.1) is 0 Å². The topological polar surface area (TPSA) is 107 Å². The molecule has 1 aliphatic heterocycles. The van der Waals surface area contributed by atoms with Gasteiger partial charge in [-0.25, -0.2) is 26.2 Å². The first-order valence-electron chi connectivity index (χ1n) is 7.66. The highest BCUT2D eigenvalue weighted by Gasteiger charge is 2.36. The van der Waals surface area contributed by atoms with E-state index in [1.54, 1.807) is 24.2 Å². The molecule has 0 radical (unpaired) electrons. The molecule has 0 spiro atoms. The summed E-state index contributed by atoms with van der Waals surface area (Å²) in [7, 11) is -5.35. The summed E-state index contributed by atoms with van der Waals surface area (Å²) < 4.78 is 56.6. The van der Waals surface area contributed by atoms with E-state index in [2.05, 4.69) is 9.82 Å². The van der Waals surface area contributed by atoms with Crippen molar-refractivity contribution < 1.29 is 21.6 Å². The number of benzene rings is 1. The maximum Gasteiger partial charge on any atom is 0.215 e. The minimum Gasteiger partial charge on any atom is -0.497 e. The lowest BCUT2D eigenvalue weighted by Crippen LogP contribution is -2.34. The fourth-order valence-electron chi connectivity index (χ4n) is 2.65. The Bertz CT molecular complexity index is 967. The van der Waals surface area contributed by atoms with Gasteiger partial charge in [0.05, 0.1) is 35.7 Å². The lowest BCUT2D eigenvalue weighted by Gasteiger charge is -2.10. The fraction of sp³-hybridized carbons (Fsp3) is 0.400. The molecule has 10 heteroatoms. The standard InChI is InChI=1S/C15H19N3O5S2/c1-23-14-4-2-3-13(7-14)18-10-12(8-16-18)9-17-25(21,22)15-5-6-24(19,20)11-15/h2-4,7-8,10,15,17H,5-6,9,11H2,1H3/t15-/m1/s1. The molecule has 1 aromatic carbocycles. The SMILES string of the molecule is COc1cccc(-n2cc(CNS(=O)(=O)[C@@H]3CCS(=O)(=O)C3)cn2)c1. The molecule has 0 unspecified atom stereocenters. The molecule has 2 heterocycles. The van der Waals surface area contributed by atoms with Crippen LogP contribution in [0.1, 0.15) is 12.0 Å². The minimum absolute atomic E-state index is 0.0584. The second-order valence-electron chi connectivity index (χ2n) is 5.89. The van der Waals surface area contributed by atoms with Crippen molar-refractivity contribution in [2.24, 2.45) is 0 Å². The van der Waals surface area contributed by atoms with Crippen molar-refractivity contribution in [2.45, 2.75) is 18.2 Å². The van der Waals surface area contributed by atoms with Crippen molar-refractivity contribution in [3.8, 4) is 11.4 Å². The van der Waals surface area contributed by atoms with Crippen LogP contribution < -0.4 is 9.46 Å². The number of hydrogen-bond acceptors (Lipinski definition) is 6. The second-order valence-corrected chi connectivity index (χ2v) is 10.2. The molecule has 1 N–H and O–H groups in total. The average molecular weight is 385 g/mol. The summed E-state index contributed by atoms with van der Waals surface area (Å²) >= 11 is 0. The number of aromatic nitrogens is 2. The molecule has 8 nitrogen and oxygen atoms in total. The van der Waals surface area contributed by atoms with E-state index in [9.17, 15) is 16.8 Å². The van der Waals surface area contributed by atoms with Crippen LogP contribution in [-0.4, -0.2) is 50.5 Å². The molecule has 25 heavy (non-hydrogen) atoms. The van der Waals surface area contributed by atoms with Gasteiger partial charge in [0, 0.05) is 24.4 Å². The molecule has 1 fully saturated rings. The Morgan fingerprint density at radius 3 is 2.88 bits per heavy atom. The normalized spacial score (nSPS) is 19.8. The molecule has 1 saturated heterocycles. The van der Waals surface area contributed by atoms with E-state index >= 15 is 0 Å². The van der Waals surface area contributed by atoms with Crippen LogP contribution in [-0.2, 0) is 26.4 Å². The third kappa shape index (κ3) is 4.20. The van der Waals surface area contributed by atoms with Gasteiger partial charge in [0.1, 0.15) is 5.75 Å². The van der Waals surface area contributed by atoms with Crippen LogP contribution in [0.25, 0.3) is 5.69 Å². The summed E-state index contributed by atoms with van der Waals surface area (Å²) in [6.45, 7) is 0.0584. The Labute approximate surface area is 146 Å². The predicted molar refractivity (Wildman–Crippen MR) is 92.9 cm³/mol. The van der Waals surface area contributed by atoms with E-state index in [4.69, 9.17) is 4.74 Å². The molecule has 2 aromatic rings. The third-order valence-electron chi connectivity index (χ3n) is 4.06. The van der Waals surface area contributed by atoms with Crippen molar-refractivity contribution in [1.29, 1.82) is 0 Å². The number of ether oxygens (including phenoxy) is 1. The molecule has 1 aromatic heterocycles.